The number of amides is 2. The average Bonchev–Trinajstić information content (AvgIpc) is 3.31. The smallest absolute Gasteiger partial charge is 0.328 e. The third kappa shape index (κ3) is 3.89. The maximum absolute atomic E-state index is 13.6. The van der Waals surface area contributed by atoms with Gasteiger partial charge in [-0.15, -0.1) is 0 Å². The fraction of sp³-hybridized carbons (Fsp3) is 0.545. The molecule has 1 atom stereocenters. The highest BCUT2D eigenvalue weighted by Gasteiger charge is 2.37. The van der Waals surface area contributed by atoms with Gasteiger partial charge in [0.05, 0.1) is 23.7 Å². The maximum Gasteiger partial charge on any atom is 0.328 e. The molecule has 0 bridgehead atoms. The molecule has 1 N–H and O–H groups in total. The first-order chi connectivity index (χ1) is 14.9. The number of nitrogens with one attached hydrogen (secondary N) is 1. The summed E-state index contributed by atoms with van der Waals surface area (Å²) in [5.74, 6) is 0.336. The van der Waals surface area contributed by atoms with Crippen LogP contribution in [0.4, 0.5) is 5.69 Å². The number of esters is 1. The van der Waals surface area contributed by atoms with Gasteiger partial charge in [-0.2, -0.15) is 0 Å². The summed E-state index contributed by atoms with van der Waals surface area (Å²) in [6.45, 7) is 0.390. The topological polar surface area (TPSA) is 103 Å². The molecule has 0 unspecified atom stereocenters. The van der Waals surface area contributed by atoms with Crippen molar-refractivity contribution in [3.05, 3.63) is 23.5 Å². The lowest BCUT2D eigenvalue weighted by Gasteiger charge is -2.25. The Labute approximate surface area is 180 Å². The van der Waals surface area contributed by atoms with Gasteiger partial charge >= 0.3 is 5.97 Å². The van der Waals surface area contributed by atoms with Crippen LogP contribution in [0, 0.1) is 0 Å². The third-order valence-corrected chi connectivity index (χ3v) is 6.25. The van der Waals surface area contributed by atoms with Crippen molar-refractivity contribution in [3.8, 4) is 0 Å². The van der Waals surface area contributed by atoms with E-state index < -0.39 is 12.0 Å². The van der Waals surface area contributed by atoms with Crippen molar-refractivity contribution in [2.75, 3.05) is 32.7 Å². The fourth-order valence-electron chi connectivity index (χ4n) is 4.51. The van der Waals surface area contributed by atoms with E-state index in [1.807, 2.05) is 11.6 Å². The second-order valence-corrected chi connectivity index (χ2v) is 8.21. The second-order valence-electron chi connectivity index (χ2n) is 8.21. The van der Waals surface area contributed by atoms with Crippen molar-refractivity contribution in [2.45, 2.75) is 44.1 Å². The number of nitrogens with zero attached hydrogens (tertiary/aromatic N) is 3. The number of benzene rings is 1. The lowest BCUT2D eigenvalue weighted by Crippen LogP contribution is -2.41. The zero-order chi connectivity index (χ0) is 22.1. The minimum atomic E-state index is -0.599. The van der Waals surface area contributed by atoms with E-state index in [-0.39, 0.29) is 18.4 Å². The highest BCUT2D eigenvalue weighted by Crippen LogP contribution is 2.38. The van der Waals surface area contributed by atoms with Crippen LogP contribution in [0.25, 0.3) is 11.0 Å². The largest absolute Gasteiger partial charge is 0.467 e. The van der Waals surface area contributed by atoms with Gasteiger partial charge in [0, 0.05) is 32.3 Å². The Morgan fingerprint density at radius 2 is 1.94 bits per heavy atom. The van der Waals surface area contributed by atoms with E-state index >= 15 is 0 Å². The van der Waals surface area contributed by atoms with E-state index in [0.717, 1.165) is 25.1 Å². The van der Waals surface area contributed by atoms with E-state index in [0.29, 0.717) is 41.2 Å². The van der Waals surface area contributed by atoms with Gasteiger partial charge in [0.15, 0.2) is 0 Å². The second kappa shape index (κ2) is 8.66. The molecule has 31 heavy (non-hydrogen) atoms. The van der Waals surface area contributed by atoms with Crippen molar-refractivity contribution >= 4 is 34.5 Å². The van der Waals surface area contributed by atoms with Crippen LogP contribution in [0.15, 0.2) is 12.1 Å². The summed E-state index contributed by atoms with van der Waals surface area (Å²) in [4.78, 5) is 44.3. The summed E-state index contributed by atoms with van der Waals surface area (Å²) in [5, 5.41) is 2.78. The fourth-order valence-corrected chi connectivity index (χ4v) is 4.51. The number of imidazole rings is 1. The molecule has 1 aliphatic carbocycles. The van der Waals surface area contributed by atoms with E-state index in [2.05, 4.69) is 5.32 Å². The van der Waals surface area contributed by atoms with Crippen LogP contribution in [0.1, 0.15) is 54.2 Å². The molecule has 2 aromatic rings. The summed E-state index contributed by atoms with van der Waals surface area (Å²) in [5.41, 5.74) is 2.26. The predicted octanol–water partition coefficient (Wildman–Crippen LogP) is 2.20. The van der Waals surface area contributed by atoms with Crippen LogP contribution in [0.5, 0.6) is 0 Å². The Morgan fingerprint density at radius 3 is 2.58 bits per heavy atom. The number of fused-ring (bicyclic) bond motifs is 1. The van der Waals surface area contributed by atoms with Gasteiger partial charge in [-0.25, -0.2) is 9.78 Å². The van der Waals surface area contributed by atoms with Crippen LogP contribution in [-0.4, -0.2) is 65.6 Å². The van der Waals surface area contributed by atoms with Crippen LogP contribution >= 0.6 is 0 Å². The zero-order valence-corrected chi connectivity index (χ0v) is 18.1. The van der Waals surface area contributed by atoms with Crippen LogP contribution in [0.3, 0.4) is 0 Å². The molecule has 166 valence electrons. The molecule has 9 nitrogen and oxygen atoms in total. The molecule has 2 fully saturated rings. The summed E-state index contributed by atoms with van der Waals surface area (Å²) in [6, 6.07) is 2.85. The SMILES string of the molecule is COCC(=O)Nc1cc(C(=O)N2CCC[C@H]2C(=O)OC)c2c(c1)nc(C1CCC1)n2C. The Kier molecular flexibility index (Phi) is 5.95. The van der Waals surface area contributed by atoms with Gasteiger partial charge in [-0.3, -0.25) is 9.59 Å². The summed E-state index contributed by atoms with van der Waals surface area (Å²) < 4.78 is 11.8. The molecule has 2 aliphatic rings. The van der Waals surface area contributed by atoms with Gasteiger partial charge in [0.25, 0.3) is 5.91 Å². The minimum absolute atomic E-state index is 0.0899. The minimum Gasteiger partial charge on any atom is -0.467 e. The van der Waals surface area contributed by atoms with Gasteiger partial charge in [0.2, 0.25) is 5.91 Å². The number of aromatic nitrogens is 2. The summed E-state index contributed by atoms with van der Waals surface area (Å²) >= 11 is 0. The van der Waals surface area contributed by atoms with Gasteiger partial charge in [-0.05, 0) is 37.8 Å². The first-order valence-electron chi connectivity index (χ1n) is 10.6. The van der Waals surface area contributed by atoms with Crippen LogP contribution in [0.2, 0.25) is 0 Å². The number of likely N-dealkylation sites (tertiary alicyclic amines) is 1. The number of ether oxygens (including phenoxy) is 2. The molecule has 1 aliphatic heterocycles. The number of hydrogen-bond acceptors (Lipinski definition) is 6. The predicted molar refractivity (Wildman–Crippen MR) is 114 cm³/mol. The van der Waals surface area contributed by atoms with E-state index in [1.165, 1.54) is 20.6 Å². The number of carbonyl (C=O) groups is 3. The maximum atomic E-state index is 13.6. The van der Waals surface area contributed by atoms with Crippen molar-refractivity contribution < 1.29 is 23.9 Å². The van der Waals surface area contributed by atoms with E-state index in [4.69, 9.17) is 14.5 Å². The average molecular weight is 428 g/mol. The molecule has 1 saturated heterocycles. The molecular weight excluding hydrogens is 400 g/mol. The number of anilines is 1. The van der Waals surface area contributed by atoms with Crippen molar-refractivity contribution in [2.24, 2.45) is 7.05 Å². The van der Waals surface area contributed by atoms with Gasteiger partial charge < -0.3 is 24.3 Å². The Bertz CT molecular complexity index is 1030. The standard InChI is InChI=1S/C22H28N4O5/c1-25-19-15(21(28)26-9-5-8-17(26)22(29)31-3)10-14(23-18(27)12-30-2)11-16(19)24-20(25)13-6-4-7-13/h10-11,13,17H,4-9,12H2,1-3H3,(H,23,27)/t17-/m0/s1. The van der Waals surface area contributed by atoms with Crippen LogP contribution in [-0.2, 0) is 26.1 Å². The van der Waals surface area contributed by atoms with Crippen molar-refractivity contribution in [1.82, 2.24) is 14.5 Å². The molecule has 1 saturated carbocycles. The molecule has 0 spiro atoms. The normalized spacial score (nSPS) is 18.8. The van der Waals surface area contributed by atoms with E-state index in [9.17, 15) is 14.4 Å². The zero-order valence-electron chi connectivity index (χ0n) is 18.1. The Hall–Kier alpha value is -2.94. The van der Waals surface area contributed by atoms with Crippen LogP contribution < -0.4 is 5.32 Å². The molecule has 2 amide bonds. The van der Waals surface area contributed by atoms with Gasteiger partial charge in [0.1, 0.15) is 18.5 Å². The molecule has 4 rings (SSSR count). The molecular formula is C22H28N4O5. The molecule has 1 aromatic carbocycles. The number of rotatable bonds is 6. The van der Waals surface area contributed by atoms with E-state index in [1.54, 1.807) is 17.0 Å². The van der Waals surface area contributed by atoms with Gasteiger partial charge in [-0.1, -0.05) is 6.42 Å². The molecule has 1 aromatic heterocycles. The first kappa shape index (κ1) is 21.3. The number of carbonyl (C=O) groups excluding carboxylic acids is 3. The first-order valence-corrected chi connectivity index (χ1v) is 10.6. The highest BCUT2D eigenvalue weighted by atomic mass is 16.5. The number of aryl methyl sites for hydroxylation is 1. The molecule has 2 heterocycles. The number of hydrogen-bond donors (Lipinski definition) is 1. The Morgan fingerprint density at radius 1 is 1.16 bits per heavy atom. The quantitative estimate of drug-likeness (QED) is 0.708. The highest BCUT2D eigenvalue weighted by molar-refractivity contribution is 6.08. The lowest BCUT2D eigenvalue weighted by molar-refractivity contribution is -0.145. The lowest BCUT2D eigenvalue weighted by atomic mass is 9.85. The third-order valence-electron chi connectivity index (χ3n) is 6.25. The number of methoxy groups -OCH3 is 2. The summed E-state index contributed by atoms with van der Waals surface area (Å²) in [7, 11) is 4.70. The Balaban J connectivity index is 1.79. The van der Waals surface area contributed by atoms with Crippen molar-refractivity contribution in [1.29, 1.82) is 0 Å². The summed E-state index contributed by atoms with van der Waals surface area (Å²) in [6.07, 6.45) is 4.64. The molecule has 9 heteroatoms. The molecule has 0 radical (unpaired) electrons. The monoisotopic (exact) mass is 428 g/mol. The van der Waals surface area contributed by atoms with Crippen molar-refractivity contribution in [3.63, 3.8) is 0 Å².